The lowest BCUT2D eigenvalue weighted by Gasteiger charge is -2.18. The molecule has 1 unspecified atom stereocenters. The first-order valence-corrected chi connectivity index (χ1v) is 28.6. The van der Waals surface area contributed by atoms with Crippen LogP contribution in [0.1, 0.15) is 213 Å². The van der Waals surface area contributed by atoms with E-state index in [2.05, 4.69) is 191 Å². The van der Waals surface area contributed by atoms with Gasteiger partial charge in [0.2, 0.25) is 0 Å². The molecular weight excluding hydrogens is 901 g/mol. The lowest BCUT2D eigenvalue weighted by molar-refractivity contribution is -0.167. The van der Waals surface area contributed by atoms with Crippen LogP contribution < -0.4 is 0 Å². The maximum absolute atomic E-state index is 12.8. The molecule has 73 heavy (non-hydrogen) atoms. The van der Waals surface area contributed by atoms with Gasteiger partial charge in [0.1, 0.15) is 13.2 Å². The second-order valence-electron chi connectivity index (χ2n) is 18.1. The minimum atomic E-state index is -0.816. The summed E-state index contributed by atoms with van der Waals surface area (Å²) in [4.78, 5) is 37.8. The van der Waals surface area contributed by atoms with Gasteiger partial charge in [0.15, 0.2) is 6.10 Å². The minimum Gasteiger partial charge on any atom is -0.462 e. The number of rotatable bonds is 49. The zero-order chi connectivity index (χ0) is 52.9. The highest BCUT2D eigenvalue weighted by molar-refractivity contribution is 5.71. The largest absolute Gasteiger partial charge is 0.462 e. The van der Waals surface area contributed by atoms with Crippen LogP contribution in [0.4, 0.5) is 0 Å². The van der Waals surface area contributed by atoms with Crippen LogP contribution in [0, 0.1) is 0 Å². The highest BCUT2D eigenvalue weighted by Crippen LogP contribution is 2.11. The van der Waals surface area contributed by atoms with Crippen LogP contribution in [0.15, 0.2) is 170 Å². The Morgan fingerprint density at radius 3 is 0.822 bits per heavy atom. The van der Waals surface area contributed by atoms with Crippen molar-refractivity contribution >= 4 is 17.9 Å². The van der Waals surface area contributed by atoms with Crippen LogP contribution in [0.5, 0.6) is 0 Å². The van der Waals surface area contributed by atoms with Crippen molar-refractivity contribution in [3.05, 3.63) is 170 Å². The smallest absolute Gasteiger partial charge is 0.306 e. The van der Waals surface area contributed by atoms with Crippen molar-refractivity contribution in [2.24, 2.45) is 0 Å². The number of hydrogen-bond donors (Lipinski definition) is 0. The molecule has 0 radical (unpaired) electrons. The highest BCUT2D eigenvalue weighted by atomic mass is 16.6. The summed E-state index contributed by atoms with van der Waals surface area (Å²) in [5.41, 5.74) is 0. The van der Waals surface area contributed by atoms with Crippen LogP contribution in [-0.4, -0.2) is 37.2 Å². The van der Waals surface area contributed by atoms with Crippen molar-refractivity contribution in [3.8, 4) is 0 Å². The Morgan fingerprint density at radius 2 is 0.534 bits per heavy atom. The Morgan fingerprint density at radius 1 is 0.288 bits per heavy atom. The second kappa shape index (κ2) is 59.3. The second-order valence-corrected chi connectivity index (χ2v) is 18.1. The molecule has 6 nitrogen and oxygen atoms in total. The third-order valence-corrected chi connectivity index (χ3v) is 11.2. The molecule has 0 amide bonds. The monoisotopic (exact) mass is 1000 g/mol. The van der Waals surface area contributed by atoms with Gasteiger partial charge in [0.25, 0.3) is 0 Å². The Kier molecular flexibility index (Phi) is 55.1. The van der Waals surface area contributed by atoms with E-state index >= 15 is 0 Å². The predicted molar refractivity (Wildman–Crippen MR) is 315 cm³/mol. The van der Waals surface area contributed by atoms with Gasteiger partial charge in [-0.25, -0.2) is 0 Å². The van der Waals surface area contributed by atoms with Crippen LogP contribution in [0.2, 0.25) is 0 Å². The van der Waals surface area contributed by atoms with Crippen molar-refractivity contribution in [2.45, 2.75) is 219 Å². The fourth-order valence-corrected chi connectivity index (χ4v) is 6.99. The lowest BCUT2D eigenvalue weighted by Crippen LogP contribution is -2.30. The molecule has 0 spiro atoms. The average Bonchev–Trinajstić information content (AvgIpc) is 3.39. The van der Waals surface area contributed by atoms with Crippen molar-refractivity contribution < 1.29 is 28.6 Å². The van der Waals surface area contributed by atoms with Crippen LogP contribution >= 0.6 is 0 Å². The van der Waals surface area contributed by atoms with Gasteiger partial charge in [0.05, 0.1) is 0 Å². The molecule has 0 aliphatic heterocycles. The van der Waals surface area contributed by atoms with Gasteiger partial charge in [-0.2, -0.15) is 0 Å². The number of esters is 3. The predicted octanol–water partition coefficient (Wildman–Crippen LogP) is 19.5. The molecule has 0 aliphatic rings. The summed E-state index contributed by atoms with van der Waals surface area (Å²) in [5, 5.41) is 0. The van der Waals surface area contributed by atoms with E-state index in [-0.39, 0.29) is 37.5 Å². The maximum atomic E-state index is 12.8. The SMILES string of the molecule is CC/C=C\C/C=C\C/C=C\C/C=C\C/C=C\C/C=C\C/C=C\CCCCCC(=O)OCC(COC(=O)CCCCCCC)OC(=O)CCCCC/C=C\C/C=C\C/C=C\C/C=C\C/C=C\C/C=C\C/C=C\CC. The topological polar surface area (TPSA) is 78.9 Å². The van der Waals surface area contributed by atoms with Gasteiger partial charge in [0, 0.05) is 19.3 Å². The van der Waals surface area contributed by atoms with E-state index < -0.39 is 6.10 Å². The van der Waals surface area contributed by atoms with Gasteiger partial charge in [-0.3, -0.25) is 14.4 Å². The molecule has 0 saturated carbocycles. The molecule has 0 aromatic heterocycles. The summed E-state index contributed by atoms with van der Waals surface area (Å²) in [6.07, 6.45) is 88.1. The average molecular weight is 1000 g/mol. The molecule has 0 aliphatic carbocycles. The van der Waals surface area contributed by atoms with Gasteiger partial charge < -0.3 is 14.2 Å². The quantitative estimate of drug-likeness (QED) is 0.0261. The molecule has 0 bridgehead atoms. The number of ether oxygens (including phenoxy) is 3. The number of allylic oxidation sites excluding steroid dienone is 28. The Balaban J connectivity index is 4.31. The van der Waals surface area contributed by atoms with E-state index in [1.807, 2.05) is 0 Å². The molecule has 0 rings (SSSR count). The third kappa shape index (κ3) is 57.5. The summed E-state index contributed by atoms with van der Waals surface area (Å²) in [6, 6.07) is 0. The summed E-state index contributed by atoms with van der Waals surface area (Å²) in [6.45, 7) is 6.24. The van der Waals surface area contributed by atoms with E-state index in [0.717, 1.165) is 167 Å². The molecule has 0 heterocycles. The first-order valence-electron chi connectivity index (χ1n) is 28.6. The maximum Gasteiger partial charge on any atom is 0.306 e. The summed E-state index contributed by atoms with van der Waals surface area (Å²) >= 11 is 0. The van der Waals surface area contributed by atoms with Crippen LogP contribution in [-0.2, 0) is 28.6 Å². The van der Waals surface area contributed by atoms with Gasteiger partial charge in [-0.05, 0) is 135 Å². The van der Waals surface area contributed by atoms with Gasteiger partial charge >= 0.3 is 17.9 Å². The Hall–Kier alpha value is -5.23. The first kappa shape index (κ1) is 67.8. The zero-order valence-electron chi connectivity index (χ0n) is 46.3. The van der Waals surface area contributed by atoms with Crippen molar-refractivity contribution in [1.82, 2.24) is 0 Å². The zero-order valence-corrected chi connectivity index (χ0v) is 46.3. The molecule has 0 N–H and O–H groups in total. The van der Waals surface area contributed by atoms with Crippen molar-refractivity contribution in [1.29, 1.82) is 0 Å². The highest BCUT2D eigenvalue weighted by Gasteiger charge is 2.19. The summed E-state index contributed by atoms with van der Waals surface area (Å²) in [5.74, 6) is -1.01. The fraction of sp³-hybridized carbons (Fsp3) is 0.537. The number of hydrogen-bond acceptors (Lipinski definition) is 6. The number of carbonyl (C=O) groups excluding carboxylic acids is 3. The Bertz CT molecular complexity index is 1720. The number of unbranched alkanes of at least 4 members (excludes halogenated alkanes) is 10. The molecule has 0 saturated heterocycles. The van der Waals surface area contributed by atoms with Gasteiger partial charge in [-0.15, -0.1) is 0 Å². The Labute approximate surface area is 447 Å². The van der Waals surface area contributed by atoms with Crippen molar-refractivity contribution in [2.75, 3.05) is 13.2 Å². The van der Waals surface area contributed by atoms with E-state index in [4.69, 9.17) is 14.2 Å². The molecule has 0 aromatic carbocycles. The summed E-state index contributed by atoms with van der Waals surface area (Å²) < 4.78 is 16.7. The fourth-order valence-electron chi connectivity index (χ4n) is 6.99. The van der Waals surface area contributed by atoms with Gasteiger partial charge in [-0.1, -0.05) is 229 Å². The van der Waals surface area contributed by atoms with Crippen molar-refractivity contribution in [3.63, 3.8) is 0 Å². The molecule has 1 atom stereocenters. The normalized spacial score (nSPS) is 13.4. The summed E-state index contributed by atoms with van der Waals surface area (Å²) in [7, 11) is 0. The molecular formula is C67H102O6. The van der Waals surface area contributed by atoms with E-state index in [9.17, 15) is 14.4 Å². The van der Waals surface area contributed by atoms with E-state index in [0.29, 0.717) is 19.3 Å². The van der Waals surface area contributed by atoms with E-state index in [1.165, 1.54) is 0 Å². The lowest BCUT2D eigenvalue weighted by atomic mass is 10.1. The molecule has 6 heteroatoms. The minimum absolute atomic E-state index is 0.112. The van der Waals surface area contributed by atoms with Crippen LogP contribution in [0.25, 0.3) is 0 Å². The first-order chi connectivity index (χ1) is 36.0. The molecule has 406 valence electrons. The number of carbonyl (C=O) groups is 3. The van der Waals surface area contributed by atoms with Crippen LogP contribution in [0.3, 0.4) is 0 Å². The molecule has 0 fully saturated rings. The van der Waals surface area contributed by atoms with E-state index in [1.54, 1.807) is 0 Å². The standard InChI is InChI=1S/C67H102O6/c1-4-7-10-13-15-17-19-21-23-25-27-29-31-33-35-37-39-41-43-45-47-49-51-54-57-60-66(69)72-63-64(62-71-65(68)59-56-53-12-9-6-3)73-67(70)61-58-55-52-50-48-46-44-42-40-38-36-34-32-30-28-26-24-22-20-18-16-14-11-8-5-2/h7-8,10-11,15-18,21-24,27-30,33-36,39-42,45-48,64H,4-6,9,12-14,19-20,25-26,31-32,37-38,43-44,49-63H2,1-3H3/b10-7-,11-8-,17-15-,18-16-,23-21-,24-22-,29-27-,30-28-,35-33-,36-34-,41-39-,42-40-,47-45-,48-46-. The molecule has 0 aromatic rings. The third-order valence-electron chi connectivity index (χ3n) is 11.2.